The molecule has 1 aliphatic rings. The molecular formula is C16H20Cl3N3O2. The average molecular weight is 393 g/mol. The Labute approximate surface area is 156 Å². The van der Waals surface area contributed by atoms with Gasteiger partial charge in [-0.05, 0) is 26.3 Å². The maximum atomic E-state index is 12.6. The van der Waals surface area contributed by atoms with Gasteiger partial charge in [0.25, 0.3) is 0 Å². The summed E-state index contributed by atoms with van der Waals surface area (Å²) in [5.74, 6) is -0.288. The van der Waals surface area contributed by atoms with Crippen LogP contribution in [0.1, 0.15) is 38.6 Å². The minimum atomic E-state index is -1.04. The van der Waals surface area contributed by atoms with Crippen LogP contribution in [0.15, 0.2) is 6.07 Å². The lowest BCUT2D eigenvalue weighted by molar-refractivity contribution is -0.128. The number of hydrogen-bond acceptors (Lipinski definition) is 3. The van der Waals surface area contributed by atoms with Crippen LogP contribution in [-0.4, -0.2) is 27.6 Å². The fourth-order valence-corrected chi connectivity index (χ4v) is 4.29. The van der Waals surface area contributed by atoms with Crippen LogP contribution in [0, 0.1) is 29.6 Å². The van der Waals surface area contributed by atoms with Crippen LogP contribution in [0.4, 0.5) is 0 Å². The summed E-state index contributed by atoms with van der Waals surface area (Å²) in [6, 6.07) is 3.26. The lowest BCUT2D eigenvalue weighted by Gasteiger charge is -2.21. The first-order valence-electron chi connectivity index (χ1n) is 7.73. The second-order valence-corrected chi connectivity index (χ2v) is 8.00. The number of hydrogen-bond donors (Lipinski definition) is 1. The van der Waals surface area contributed by atoms with Crippen LogP contribution in [0.2, 0.25) is 5.02 Å². The zero-order valence-electron chi connectivity index (χ0n) is 14.0. The van der Waals surface area contributed by atoms with Gasteiger partial charge < -0.3 is 10.2 Å². The van der Waals surface area contributed by atoms with Gasteiger partial charge in [0.15, 0.2) is 5.69 Å². The summed E-state index contributed by atoms with van der Waals surface area (Å²) in [6.45, 7) is 7.51. The lowest BCUT2D eigenvalue weighted by Crippen LogP contribution is -2.44. The molecule has 0 saturated heterocycles. The van der Waals surface area contributed by atoms with Crippen molar-refractivity contribution < 1.29 is 9.63 Å². The van der Waals surface area contributed by atoms with E-state index in [1.165, 1.54) is 10.8 Å². The normalized spacial score (nSPS) is 25.7. The van der Waals surface area contributed by atoms with Gasteiger partial charge in [-0.2, -0.15) is 9.99 Å². The number of nitrogens with zero attached hydrogens (tertiary/aromatic N) is 2. The first-order valence-corrected chi connectivity index (χ1v) is 8.86. The Kier molecular flexibility index (Phi) is 5.34. The molecule has 1 fully saturated rings. The molecule has 2 rings (SSSR count). The molecule has 1 saturated carbocycles. The van der Waals surface area contributed by atoms with Crippen LogP contribution in [-0.2, 0) is 4.79 Å². The van der Waals surface area contributed by atoms with Crippen molar-refractivity contribution >= 4 is 40.7 Å². The molecule has 0 aromatic carbocycles. The van der Waals surface area contributed by atoms with Crippen molar-refractivity contribution in [3.05, 3.63) is 22.5 Å². The third-order valence-corrected chi connectivity index (χ3v) is 6.55. The van der Waals surface area contributed by atoms with Gasteiger partial charge in [-0.15, -0.1) is 23.2 Å². The van der Waals surface area contributed by atoms with E-state index in [1.807, 2.05) is 26.8 Å². The summed E-state index contributed by atoms with van der Waals surface area (Å²) in [5.41, 5.74) is 0.167. The minimum Gasteiger partial charge on any atom is -0.411 e. The number of aromatic nitrogens is 1. The van der Waals surface area contributed by atoms with E-state index in [1.54, 1.807) is 6.92 Å². The number of halogens is 3. The van der Waals surface area contributed by atoms with E-state index in [9.17, 15) is 4.79 Å². The van der Waals surface area contributed by atoms with Gasteiger partial charge >= 0.3 is 0 Å². The van der Waals surface area contributed by atoms with Crippen LogP contribution in [0.3, 0.4) is 0 Å². The number of nitriles is 1. The molecule has 0 radical (unpaired) electrons. The number of carbonyl (C=O) groups excluding carboxylic acids is 1. The molecule has 24 heavy (non-hydrogen) atoms. The minimum absolute atomic E-state index is 0.109. The summed E-state index contributed by atoms with van der Waals surface area (Å²) in [5, 5.41) is 12.4. The number of rotatable bonds is 6. The van der Waals surface area contributed by atoms with Gasteiger partial charge in [0.05, 0.1) is 22.2 Å². The van der Waals surface area contributed by atoms with Crippen molar-refractivity contribution in [1.29, 1.82) is 5.26 Å². The van der Waals surface area contributed by atoms with Crippen LogP contribution >= 0.6 is 34.8 Å². The van der Waals surface area contributed by atoms with Gasteiger partial charge in [0, 0.05) is 5.92 Å². The van der Waals surface area contributed by atoms with Crippen molar-refractivity contribution in [1.82, 2.24) is 10.0 Å². The molecule has 5 nitrogen and oxygen atoms in total. The highest BCUT2D eigenvalue weighted by Crippen LogP contribution is 2.70. The monoisotopic (exact) mass is 391 g/mol. The second-order valence-electron chi connectivity index (χ2n) is 6.21. The highest BCUT2D eigenvalue weighted by atomic mass is 35.5. The quantitative estimate of drug-likeness (QED) is 0.754. The largest absolute Gasteiger partial charge is 0.411 e. The third-order valence-electron chi connectivity index (χ3n) is 4.84. The molecule has 1 N–H and O–H groups in total. The Morgan fingerprint density at radius 3 is 2.62 bits per heavy atom. The first kappa shape index (κ1) is 19.2. The zero-order chi connectivity index (χ0) is 18.3. The molecule has 1 amide bonds. The number of alkyl halides is 2. The standard InChI is InChI=1S/C16H20Cl3N3O2/c1-5-15(11(4)16(15,18)19)14(23)21-9(2)8-24-22-10(3)13(17)6-12(22)7-20/h6,9,11H,5,8H2,1-4H3,(H,21,23). The summed E-state index contributed by atoms with van der Waals surface area (Å²) < 4.78 is 0.332. The highest BCUT2D eigenvalue weighted by molar-refractivity contribution is 6.53. The SMILES string of the molecule is CCC1(C(=O)NC(C)COn2c(C#N)cc(Cl)c2C)C(C)C1(Cl)Cl. The Morgan fingerprint density at radius 1 is 1.58 bits per heavy atom. The predicted molar refractivity (Wildman–Crippen MR) is 94.3 cm³/mol. The van der Waals surface area contributed by atoms with E-state index < -0.39 is 9.75 Å². The van der Waals surface area contributed by atoms with E-state index in [-0.39, 0.29) is 24.5 Å². The number of nitrogens with one attached hydrogen (secondary N) is 1. The fourth-order valence-electron chi connectivity index (χ4n) is 3.08. The van der Waals surface area contributed by atoms with Crippen LogP contribution < -0.4 is 10.2 Å². The maximum Gasteiger partial charge on any atom is 0.229 e. The molecule has 0 bridgehead atoms. The first-order chi connectivity index (χ1) is 11.1. The zero-order valence-corrected chi connectivity index (χ0v) is 16.3. The number of carbonyl (C=O) groups is 1. The molecule has 3 unspecified atom stereocenters. The summed E-state index contributed by atoms with van der Waals surface area (Å²) in [6.07, 6.45) is 0.561. The Balaban J connectivity index is 1.99. The summed E-state index contributed by atoms with van der Waals surface area (Å²) in [7, 11) is 0. The molecule has 1 heterocycles. The molecule has 3 atom stereocenters. The maximum absolute atomic E-state index is 12.6. The molecule has 132 valence electrons. The topological polar surface area (TPSA) is 67.0 Å². The molecule has 0 aliphatic heterocycles. The smallest absolute Gasteiger partial charge is 0.229 e. The predicted octanol–water partition coefficient (Wildman–Crippen LogP) is 3.47. The van der Waals surface area contributed by atoms with Crippen molar-refractivity contribution in [2.75, 3.05) is 6.61 Å². The van der Waals surface area contributed by atoms with Crippen LogP contribution in [0.5, 0.6) is 0 Å². The van der Waals surface area contributed by atoms with Gasteiger partial charge in [0.2, 0.25) is 5.91 Å². The van der Waals surface area contributed by atoms with Crippen molar-refractivity contribution in [3.63, 3.8) is 0 Å². The van der Waals surface area contributed by atoms with E-state index in [0.29, 0.717) is 22.8 Å². The van der Waals surface area contributed by atoms with Gasteiger partial charge in [-0.25, -0.2) is 0 Å². The molecule has 1 aliphatic carbocycles. The molecule has 8 heteroatoms. The van der Waals surface area contributed by atoms with E-state index in [2.05, 4.69) is 5.32 Å². The van der Waals surface area contributed by atoms with E-state index in [0.717, 1.165) is 0 Å². The summed E-state index contributed by atoms with van der Waals surface area (Å²) >= 11 is 18.5. The highest BCUT2D eigenvalue weighted by Gasteiger charge is 2.76. The Hall–Kier alpha value is -1.09. The van der Waals surface area contributed by atoms with Crippen molar-refractivity contribution in [2.45, 2.75) is 44.5 Å². The molecule has 0 spiro atoms. The lowest BCUT2D eigenvalue weighted by atomic mass is 9.99. The van der Waals surface area contributed by atoms with Crippen LogP contribution in [0.25, 0.3) is 0 Å². The fraction of sp³-hybridized carbons (Fsp3) is 0.625. The third kappa shape index (κ3) is 2.85. The molecule has 1 aromatic rings. The number of amides is 1. The van der Waals surface area contributed by atoms with Crippen molar-refractivity contribution in [2.24, 2.45) is 11.3 Å². The molecule has 1 aromatic heterocycles. The van der Waals surface area contributed by atoms with E-state index >= 15 is 0 Å². The second kappa shape index (κ2) is 6.67. The van der Waals surface area contributed by atoms with E-state index in [4.69, 9.17) is 44.9 Å². The van der Waals surface area contributed by atoms with Gasteiger partial charge in [-0.1, -0.05) is 25.4 Å². The Morgan fingerprint density at radius 2 is 2.17 bits per heavy atom. The summed E-state index contributed by atoms with van der Waals surface area (Å²) in [4.78, 5) is 18.2. The van der Waals surface area contributed by atoms with Crippen molar-refractivity contribution in [3.8, 4) is 6.07 Å². The molecular weight excluding hydrogens is 373 g/mol. The average Bonchev–Trinajstić information content (AvgIpc) is 2.81. The Bertz CT molecular complexity index is 695. The van der Waals surface area contributed by atoms with Gasteiger partial charge in [0.1, 0.15) is 17.0 Å². The van der Waals surface area contributed by atoms with Gasteiger partial charge in [-0.3, -0.25) is 4.79 Å².